The highest BCUT2D eigenvalue weighted by Gasteiger charge is 2.23. The van der Waals surface area contributed by atoms with Gasteiger partial charge in [-0.1, -0.05) is 6.07 Å². The number of hydrogen-bond acceptors (Lipinski definition) is 4. The fourth-order valence-corrected chi connectivity index (χ4v) is 3.26. The molecule has 5 nitrogen and oxygen atoms in total. The summed E-state index contributed by atoms with van der Waals surface area (Å²) in [6.07, 6.45) is 1.62. The second-order valence-corrected chi connectivity index (χ2v) is 7.20. The molecule has 2 aromatic carbocycles. The van der Waals surface area contributed by atoms with Gasteiger partial charge in [-0.05, 0) is 30.3 Å². The van der Waals surface area contributed by atoms with E-state index in [9.17, 15) is 26.4 Å². The van der Waals surface area contributed by atoms with E-state index in [1.54, 1.807) is 0 Å². The molecule has 1 aromatic heterocycles. The van der Waals surface area contributed by atoms with E-state index in [4.69, 9.17) is 4.42 Å². The minimum atomic E-state index is -4.12. The molecule has 0 saturated carbocycles. The Bertz CT molecular complexity index is 1110. The molecule has 0 amide bonds. The van der Waals surface area contributed by atoms with Crippen molar-refractivity contribution in [3.05, 3.63) is 70.7 Å². The molecule has 0 radical (unpaired) electrons. The van der Waals surface area contributed by atoms with Crippen LogP contribution in [0.15, 0.2) is 56.8 Å². The monoisotopic (exact) mass is 369 g/mol. The van der Waals surface area contributed by atoms with Crippen LogP contribution in [0.25, 0.3) is 16.9 Å². The Morgan fingerprint density at radius 1 is 1.04 bits per heavy atom. The van der Waals surface area contributed by atoms with Crippen LogP contribution in [0.3, 0.4) is 0 Å². The molecule has 3 aromatic rings. The van der Waals surface area contributed by atoms with Gasteiger partial charge in [-0.15, -0.1) is 0 Å². The lowest BCUT2D eigenvalue weighted by Gasteiger charge is -2.09. The molecule has 130 valence electrons. The Labute approximate surface area is 139 Å². The summed E-state index contributed by atoms with van der Waals surface area (Å²) in [7, 11) is -4.12. The molecule has 0 aliphatic heterocycles. The van der Waals surface area contributed by atoms with E-state index < -0.39 is 37.9 Å². The zero-order valence-electron chi connectivity index (χ0n) is 12.7. The van der Waals surface area contributed by atoms with Crippen LogP contribution in [0.2, 0.25) is 0 Å². The van der Waals surface area contributed by atoms with Crippen molar-refractivity contribution < 1.29 is 26.0 Å². The molecule has 0 unspecified atom stereocenters. The molecule has 9 heteroatoms. The van der Waals surface area contributed by atoms with Crippen molar-refractivity contribution in [1.82, 2.24) is 4.57 Å². The molecule has 0 bridgehead atoms. The lowest BCUT2D eigenvalue weighted by Crippen LogP contribution is -2.13. The van der Waals surface area contributed by atoms with E-state index >= 15 is 0 Å². The lowest BCUT2D eigenvalue weighted by molar-refractivity contribution is 0.504. The third-order valence-electron chi connectivity index (χ3n) is 3.43. The van der Waals surface area contributed by atoms with E-state index in [1.165, 1.54) is 12.1 Å². The molecule has 0 aliphatic rings. The molecular weight excluding hydrogens is 359 g/mol. The Balaban J connectivity index is 2.25. The molecule has 1 heterocycles. The summed E-state index contributed by atoms with van der Waals surface area (Å²) in [5.74, 6) is -4.14. The molecule has 0 atom stereocenters. The summed E-state index contributed by atoms with van der Waals surface area (Å²) in [6.45, 7) is 0. The number of oxazole rings is 1. The zero-order chi connectivity index (χ0) is 18.4. The summed E-state index contributed by atoms with van der Waals surface area (Å²) < 4.78 is 70.2. The fourth-order valence-electron chi connectivity index (χ4n) is 2.43. The van der Waals surface area contributed by atoms with Crippen molar-refractivity contribution in [2.75, 3.05) is 6.26 Å². The topological polar surface area (TPSA) is 69.3 Å². The second-order valence-electron chi connectivity index (χ2n) is 5.24. The summed E-state index contributed by atoms with van der Waals surface area (Å²) in [5, 5.41) is 0. The number of hydrogen-bond donors (Lipinski definition) is 0. The average molecular weight is 369 g/mol. The van der Waals surface area contributed by atoms with E-state index in [-0.39, 0.29) is 16.9 Å². The van der Waals surface area contributed by atoms with Crippen molar-refractivity contribution in [3.8, 4) is 16.9 Å². The molecule has 0 fully saturated rings. The van der Waals surface area contributed by atoms with Gasteiger partial charge >= 0.3 is 5.76 Å². The van der Waals surface area contributed by atoms with E-state index in [0.717, 1.165) is 35.1 Å². The highest BCUT2D eigenvalue weighted by molar-refractivity contribution is 7.90. The molecule has 0 spiro atoms. The van der Waals surface area contributed by atoms with Crippen LogP contribution in [0, 0.1) is 17.5 Å². The number of halogens is 3. The number of sulfone groups is 1. The van der Waals surface area contributed by atoms with Gasteiger partial charge < -0.3 is 4.42 Å². The normalized spacial score (nSPS) is 11.7. The van der Waals surface area contributed by atoms with Gasteiger partial charge in [0, 0.05) is 11.8 Å². The van der Waals surface area contributed by atoms with Gasteiger partial charge in [0.1, 0.15) is 28.6 Å². The van der Waals surface area contributed by atoms with Gasteiger partial charge in [0.2, 0.25) is 0 Å². The van der Waals surface area contributed by atoms with Crippen molar-refractivity contribution >= 4 is 9.84 Å². The van der Waals surface area contributed by atoms with E-state index in [1.807, 2.05) is 0 Å². The standard InChI is InChI=1S/C16H10F3NO4S/c1-25(22,23)15-12(18)5-9(6-13(15)19)14-8-24-16(21)20(14)11-4-2-3-10(17)7-11/h2-8H,1H3. The summed E-state index contributed by atoms with van der Waals surface area (Å²) in [4.78, 5) is 10.8. The average Bonchev–Trinajstić information content (AvgIpc) is 2.86. The molecule has 25 heavy (non-hydrogen) atoms. The zero-order valence-corrected chi connectivity index (χ0v) is 13.5. The molecular formula is C16H10F3NO4S. The van der Waals surface area contributed by atoms with Crippen LogP contribution < -0.4 is 5.76 Å². The highest BCUT2D eigenvalue weighted by atomic mass is 32.2. The van der Waals surface area contributed by atoms with Crippen LogP contribution in [0.5, 0.6) is 0 Å². The Kier molecular flexibility index (Phi) is 4.03. The Morgan fingerprint density at radius 3 is 2.24 bits per heavy atom. The highest BCUT2D eigenvalue weighted by Crippen LogP contribution is 2.28. The smallest absolute Gasteiger partial charge is 0.415 e. The maximum atomic E-state index is 14.1. The molecule has 3 rings (SSSR count). The van der Waals surface area contributed by atoms with Crippen LogP contribution in [-0.4, -0.2) is 19.2 Å². The van der Waals surface area contributed by atoms with Gasteiger partial charge in [-0.2, -0.15) is 0 Å². The lowest BCUT2D eigenvalue weighted by atomic mass is 10.1. The molecule has 0 N–H and O–H groups in total. The summed E-state index contributed by atoms with van der Waals surface area (Å²) >= 11 is 0. The van der Waals surface area contributed by atoms with Crippen molar-refractivity contribution in [1.29, 1.82) is 0 Å². The predicted octanol–water partition coefficient (Wildman–Crippen LogP) is 2.92. The first-order valence-electron chi connectivity index (χ1n) is 6.84. The first-order chi connectivity index (χ1) is 11.7. The number of benzene rings is 2. The molecule has 0 saturated heterocycles. The van der Waals surface area contributed by atoms with Crippen LogP contribution in [0.4, 0.5) is 13.2 Å². The van der Waals surface area contributed by atoms with Crippen molar-refractivity contribution in [2.45, 2.75) is 4.90 Å². The van der Waals surface area contributed by atoms with Gasteiger partial charge in [-0.25, -0.2) is 31.0 Å². The quantitative estimate of drug-likeness (QED) is 0.712. The maximum Gasteiger partial charge on any atom is 0.424 e. The third kappa shape index (κ3) is 3.10. The predicted molar refractivity (Wildman–Crippen MR) is 82.7 cm³/mol. The largest absolute Gasteiger partial charge is 0.424 e. The number of nitrogens with zero attached hydrogens (tertiary/aromatic N) is 1. The Hall–Kier alpha value is -2.81. The van der Waals surface area contributed by atoms with Gasteiger partial charge in [0.15, 0.2) is 9.84 Å². The van der Waals surface area contributed by atoms with Gasteiger partial charge in [-0.3, -0.25) is 0 Å². The summed E-state index contributed by atoms with van der Waals surface area (Å²) in [6, 6.07) is 6.48. The SMILES string of the molecule is CS(=O)(=O)c1c(F)cc(-c2coc(=O)n2-c2cccc(F)c2)cc1F. The van der Waals surface area contributed by atoms with E-state index in [2.05, 4.69) is 0 Å². The third-order valence-corrected chi connectivity index (χ3v) is 4.56. The Morgan fingerprint density at radius 2 is 1.68 bits per heavy atom. The fraction of sp³-hybridized carbons (Fsp3) is 0.0625. The van der Waals surface area contributed by atoms with Gasteiger partial charge in [0.05, 0.1) is 11.4 Å². The summed E-state index contributed by atoms with van der Waals surface area (Å²) in [5.41, 5.74) is -0.118. The molecule has 0 aliphatic carbocycles. The second kappa shape index (κ2) is 5.92. The first-order valence-corrected chi connectivity index (χ1v) is 8.73. The van der Waals surface area contributed by atoms with E-state index in [0.29, 0.717) is 6.26 Å². The number of aromatic nitrogens is 1. The van der Waals surface area contributed by atoms with Crippen molar-refractivity contribution in [3.63, 3.8) is 0 Å². The first kappa shape index (κ1) is 17.0. The number of rotatable bonds is 3. The minimum absolute atomic E-state index is 0.0616. The van der Waals surface area contributed by atoms with Crippen LogP contribution in [0.1, 0.15) is 0 Å². The maximum absolute atomic E-state index is 14.1. The van der Waals surface area contributed by atoms with Gasteiger partial charge in [0.25, 0.3) is 0 Å². The van der Waals surface area contributed by atoms with Crippen LogP contribution in [-0.2, 0) is 9.84 Å². The van der Waals surface area contributed by atoms with Crippen LogP contribution >= 0.6 is 0 Å². The van der Waals surface area contributed by atoms with Crippen molar-refractivity contribution in [2.24, 2.45) is 0 Å². The minimum Gasteiger partial charge on any atom is -0.415 e.